The van der Waals surface area contributed by atoms with Crippen molar-refractivity contribution in [3.63, 3.8) is 0 Å². The second kappa shape index (κ2) is 7.76. The van der Waals surface area contributed by atoms with E-state index in [0.717, 1.165) is 5.56 Å². The zero-order valence-corrected chi connectivity index (χ0v) is 20.5. The fourth-order valence-corrected chi connectivity index (χ4v) is 6.80. The number of fused-ring (bicyclic) bond motifs is 2. The van der Waals surface area contributed by atoms with Gasteiger partial charge < -0.3 is 4.74 Å². The molecule has 2 spiro atoms. The Bertz CT molecular complexity index is 1630. The van der Waals surface area contributed by atoms with Gasteiger partial charge in [0.1, 0.15) is 11.5 Å². The van der Waals surface area contributed by atoms with Gasteiger partial charge in [0, 0.05) is 22.3 Å². The lowest BCUT2D eigenvalue weighted by Gasteiger charge is -2.34. The fourth-order valence-electron chi connectivity index (χ4n) is 6.80. The Labute approximate surface area is 219 Å². The minimum atomic E-state index is -2.06. The van der Waals surface area contributed by atoms with Gasteiger partial charge >= 0.3 is 0 Å². The van der Waals surface area contributed by atoms with Crippen LogP contribution in [-0.2, 0) is 4.74 Å². The molecule has 0 unspecified atom stereocenters. The van der Waals surface area contributed by atoms with Crippen molar-refractivity contribution in [2.45, 2.75) is 24.5 Å². The quantitative estimate of drug-likeness (QED) is 0.330. The Morgan fingerprint density at radius 2 is 1.03 bits per heavy atom. The first-order chi connectivity index (χ1) is 18.4. The molecule has 4 aromatic rings. The zero-order chi connectivity index (χ0) is 26.2. The first kappa shape index (κ1) is 22.7. The van der Waals surface area contributed by atoms with Crippen LogP contribution >= 0.6 is 0 Å². The molecule has 2 atom stereocenters. The van der Waals surface area contributed by atoms with E-state index < -0.39 is 46.2 Å². The van der Waals surface area contributed by atoms with Crippen LogP contribution in [0.15, 0.2) is 103 Å². The van der Waals surface area contributed by atoms with Gasteiger partial charge in [0.05, 0.1) is 5.92 Å². The number of hydrogen-bond donors (Lipinski definition) is 0. The zero-order valence-electron chi connectivity index (χ0n) is 20.5. The summed E-state index contributed by atoms with van der Waals surface area (Å²) in [6.07, 6.45) is -1.15. The molecule has 38 heavy (non-hydrogen) atoms. The van der Waals surface area contributed by atoms with Gasteiger partial charge in [-0.15, -0.1) is 0 Å². The van der Waals surface area contributed by atoms with Crippen molar-refractivity contribution < 1.29 is 23.9 Å². The molecule has 0 radical (unpaired) electrons. The molecule has 0 saturated carbocycles. The van der Waals surface area contributed by atoms with E-state index in [9.17, 15) is 19.2 Å². The third kappa shape index (κ3) is 2.59. The molecule has 5 nitrogen and oxygen atoms in total. The van der Waals surface area contributed by atoms with E-state index in [2.05, 4.69) is 0 Å². The van der Waals surface area contributed by atoms with Crippen LogP contribution in [0, 0.1) is 12.3 Å². The average molecular weight is 499 g/mol. The summed E-state index contributed by atoms with van der Waals surface area (Å²) in [4.78, 5) is 57.8. The van der Waals surface area contributed by atoms with Crippen molar-refractivity contribution in [1.82, 2.24) is 0 Å². The van der Waals surface area contributed by atoms with E-state index in [4.69, 9.17) is 4.74 Å². The van der Waals surface area contributed by atoms with Crippen LogP contribution in [0.2, 0.25) is 0 Å². The highest BCUT2D eigenvalue weighted by molar-refractivity contribution is 6.37. The molecule has 5 heteroatoms. The Balaban J connectivity index is 1.60. The fraction of sp³-hybridized carbons (Fsp3) is 0.152. The Kier molecular flexibility index (Phi) is 4.64. The minimum Gasteiger partial charge on any atom is -0.348 e. The van der Waals surface area contributed by atoms with Crippen LogP contribution in [0.1, 0.15) is 70.1 Å². The van der Waals surface area contributed by atoms with Crippen molar-refractivity contribution >= 4 is 23.1 Å². The van der Waals surface area contributed by atoms with E-state index in [1.54, 1.807) is 78.9 Å². The van der Waals surface area contributed by atoms with Crippen LogP contribution in [0.25, 0.3) is 0 Å². The SMILES string of the molecule is Cc1cccc([C@H]2C3(O[C@@H](c4ccccc4)C24C(=O)c2ccccc2C4=O)C(=O)c2ccccc2C3=O)c1. The molecular formula is C33H22O5. The molecule has 4 aromatic carbocycles. The molecule has 1 saturated heterocycles. The summed E-state index contributed by atoms with van der Waals surface area (Å²) in [5.74, 6) is -3.04. The maximum absolute atomic E-state index is 14.6. The van der Waals surface area contributed by atoms with Gasteiger partial charge in [-0.1, -0.05) is 109 Å². The van der Waals surface area contributed by atoms with Crippen LogP contribution in [0.5, 0.6) is 0 Å². The molecular weight excluding hydrogens is 476 g/mol. The molecule has 1 heterocycles. The lowest BCUT2D eigenvalue weighted by atomic mass is 9.59. The first-order valence-corrected chi connectivity index (χ1v) is 12.6. The molecule has 0 bridgehead atoms. The molecule has 184 valence electrons. The molecule has 2 aliphatic carbocycles. The third-order valence-electron chi connectivity index (χ3n) is 8.32. The highest BCUT2D eigenvalue weighted by Gasteiger charge is 2.79. The normalized spacial score (nSPS) is 22.3. The molecule has 0 amide bonds. The van der Waals surface area contributed by atoms with Crippen molar-refractivity contribution in [1.29, 1.82) is 0 Å². The molecule has 0 N–H and O–H groups in total. The number of aryl methyl sites for hydroxylation is 1. The first-order valence-electron chi connectivity index (χ1n) is 12.6. The van der Waals surface area contributed by atoms with Crippen LogP contribution < -0.4 is 0 Å². The van der Waals surface area contributed by atoms with Gasteiger partial charge in [0.15, 0.2) is 11.6 Å². The Hall–Kier alpha value is -4.48. The summed E-state index contributed by atoms with van der Waals surface area (Å²) < 4.78 is 6.68. The maximum atomic E-state index is 14.6. The largest absolute Gasteiger partial charge is 0.348 e. The van der Waals surface area contributed by atoms with E-state index in [-0.39, 0.29) is 22.3 Å². The Morgan fingerprint density at radius 1 is 0.553 bits per heavy atom. The van der Waals surface area contributed by atoms with Crippen molar-refractivity contribution in [2.24, 2.45) is 5.41 Å². The van der Waals surface area contributed by atoms with Crippen molar-refractivity contribution in [2.75, 3.05) is 0 Å². The highest BCUT2D eigenvalue weighted by Crippen LogP contribution is 2.67. The smallest absolute Gasteiger partial charge is 0.204 e. The maximum Gasteiger partial charge on any atom is 0.204 e. The number of rotatable bonds is 2. The predicted octanol–water partition coefficient (Wildman–Crippen LogP) is 5.73. The second-order valence-corrected chi connectivity index (χ2v) is 10.3. The predicted molar refractivity (Wildman–Crippen MR) is 140 cm³/mol. The van der Waals surface area contributed by atoms with Gasteiger partial charge in [-0.2, -0.15) is 0 Å². The molecule has 1 fully saturated rings. The van der Waals surface area contributed by atoms with E-state index in [0.29, 0.717) is 11.1 Å². The van der Waals surface area contributed by atoms with E-state index in [1.807, 2.05) is 31.2 Å². The van der Waals surface area contributed by atoms with Gasteiger partial charge in [-0.3, -0.25) is 19.2 Å². The van der Waals surface area contributed by atoms with Crippen LogP contribution in [0.3, 0.4) is 0 Å². The lowest BCUT2D eigenvalue weighted by Crippen LogP contribution is -2.51. The Morgan fingerprint density at radius 3 is 1.55 bits per heavy atom. The number of hydrogen-bond acceptors (Lipinski definition) is 5. The number of ether oxygens (including phenoxy) is 1. The minimum absolute atomic E-state index is 0.245. The van der Waals surface area contributed by atoms with Crippen LogP contribution in [0.4, 0.5) is 0 Å². The van der Waals surface area contributed by atoms with Gasteiger partial charge in [0.25, 0.3) is 0 Å². The summed E-state index contributed by atoms with van der Waals surface area (Å²) >= 11 is 0. The van der Waals surface area contributed by atoms with Crippen molar-refractivity contribution in [3.05, 3.63) is 142 Å². The summed E-state index contributed by atoms with van der Waals surface area (Å²) in [7, 11) is 0. The summed E-state index contributed by atoms with van der Waals surface area (Å²) in [5, 5.41) is 0. The van der Waals surface area contributed by atoms with Gasteiger partial charge in [-0.05, 0) is 18.1 Å². The standard InChI is InChI=1S/C33H22O5/c1-19-10-9-13-21(18-19)26-32(27(34)22-14-5-6-15-23(22)28(32)35)31(20-11-3-2-4-12-20)38-33(26)29(36)24-16-7-8-17-25(24)30(33)37/h2-18,26,31H,1H3/t26-,31+/m1/s1. The average Bonchev–Trinajstić information content (AvgIpc) is 3.48. The van der Waals surface area contributed by atoms with Gasteiger partial charge in [-0.25, -0.2) is 0 Å². The lowest BCUT2D eigenvalue weighted by molar-refractivity contribution is -0.0210. The highest BCUT2D eigenvalue weighted by atomic mass is 16.5. The van der Waals surface area contributed by atoms with Crippen LogP contribution in [-0.4, -0.2) is 28.7 Å². The number of carbonyl (C=O) groups is 4. The third-order valence-corrected chi connectivity index (χ3v) is 8.32. The summed E-state index contributed by atoms with van der Waals surface area (Å²) in [6, 6.07) is 29.6. The molecule has 7 rings (SSSR count). The summed E-state index contributed by atoms with van der Waals surface area (Å²) in [6.45, 7) is 1.90. The van der Waals surface area contributed by atoms with E-state index in [1.165, 1.54) is 0 Å². The van der Waals surface area contributed by atoms with Gasteiger partial charge in [0.2, 0.25) is 17.2 Å². The molecule has 3 aliphatic rings. The number of Topliss-reactive ketones (excluding diaryl/α,β-unsaturated/α-hetero) is 4. The summed E-state index contributed by atoms with van der Waals surface area (Å²) in [5.41, 5.74) is -0.859. The van der Waals surface area contributed by atoms with Crippen molar-refractivity contribution in [3.8, 4) is 0 Å². The monoisotopic (exact) mass is 498 g/mol. The second-order valence-electron chi connectivity index (χ2n) is 10.3. The molecule has 0 aromatic heterocycles. The number of carbonyl (C=O) groups excluding carboxylic acids is 4. The number of benzene rings is 4. The molecule has 1 aliphatic heterocycles. The topological polar surface area (TPSA) is 77.5 Å². The van der Waals surface area contributed by atoms with E-state index >= 15 is 0 Å². The number of ketones is 4.